The van der Waals surface area contributed by atoms with Crippen LogP contribution < -0.4 is 11.1 Å². The van der Waals surface area contributed by atoms with Crippen LogP contribution >= 0.6 is 0 Å². The molecule has 1 aromatic rings. The zero-order valence-corrected chi connectivity index (χ0v) is 20.2. The maximum Gasteiger partial charge on any atom is 0.262 e. The summed E-state index contributed by atoms with van der Waals surface area (Å²) in [5, 5.41) is 2.22. The number of rotatable bonds is 10. The van der Waals surface area contributed by atoms with Crippen LogP contribution in [0.3, 0.4) is 0 Å². The number of nitrogens with one attached hydrogen (secondary N) is 1. The first-order valence-electron chi connectivity index (χ1n) is 12.6. The number of hydrogen-bond donors (Lipinski definition) is 2. The van der Waals surface area contributed by atoms with Crippen LogP contribution in [0, 0.1) is 5.92 Å². The molecule has 192 valence electrons. The number of ether oxygens (including phenoxy) is 2. The number of nitrogens with two attached hydrogens (primary N) is 1. The molecule has 4 amide bonds. The highest BCUT2D eigenvalue weighted by atomic mass is 16.5. The standard InChI is InChI=1S/C26H32N4O6/c27-17-6-8-29(9-7-17)10-11-35-12-13-36-15-16-14-20(16)18-2-1-3-19-23(18)26(34)30(25(19)33)21-4-5-22(31)28-24(21)32/h1-3,14,16-17,21H,4-13,15,27H2,(H,28,31,32). The third kappa shape index (κ3) is 5.12. The summed E-state index contributed by atoms with van der Waals surface area (Å²) >= 11 is 0. The van der Waals surface area contributed by atoms with Gasteiger partial charge in [0, 0.05) is 24.9 Å². The lowest BCUT2D eigenvalue weighted by atomic mass is 9.99. The van der Waals surface area contributed by atoms with Gasteiger partial charge in [0.2, 0.25) is 11.8 Å². The van der Waals surface area contributed by atoms with Crippen molar-refractivity contribution in [3.63, 3.8) is 0 Å². The molecule has 4 aliphatic rings. The smallest absolute Gasteiger partial charge is 0.262 e. The number of benzene rings is 1. The monoisotopic (exact) mass is 496 g/mol. The van der Waals surface area contributed by atoms with Crippen LogP contribution in [0.25, 0.3) is 5.57 Å². The zero-order valence-electron chi connectivity index (χ0n) is 20.2. The van der Waals surface area contributed by atoms with Crippen molar-refractivity contribution >= 4 is 29.2 Å². The third-order valence-corrected chi connectivity index (χ3v) is 7.30. The van der Waals surface area contributed by atoms with E-state index in [1.807, 2.05) is 12.1 Å². The molecule has 2 atom stereocenters. The molecule has 5 rings (SSSR count). The van der Waals surface area contributed by atoms with Gasteiger partial charge in [-0.3, -0.25) is 29.4 Å². The maximum atomic E-state index is 13.2. The molecule has 2 saturated heterocycles. The van der Waals surface area contributed by atoms with Crippen molar-refractivity contribution in [3.8, 4) is 0 Å². The third-order valence-electron chi connectivity index (χ3n) is 7.30. The number of piperidine rings is 2. The number of carbonyl (C=O) groups excluding carboxylic acids is 4. The number of likely N-dealkylation sites (tertiary alicyclic amines) is 1. The van der Waals surface area contributed by atoms with Gasteiger partial charge in [-0.25, -0.2) is 0 Å². The fourth-order valence-electron chi connectivity index (χ4n) is 5.15. The summed E-state index contributed by atoms with van der Waals surface area (Å²) in [6, 6.07) is 4.53. The summed E-state index contributed by atoms with van der Waals surface area (Å²) in [6.07, 6.45) is 4.33. The van der Waals surface area contributed by atoms with Crippen molar-refractivity contribution in [1.82, 2.24) is 15.1 Å². The highest BCUT2D eigenvalue weighted by Gasteiger charge is 2.46. The number of amides is 4. The Morgan fingerprint density at radius 3 is 2.47 bits per heavy atom. The van der Waals surface area contributed by atoms with E-state index in [9.17, 15) is 19.2 Å². The van der Waals surface area contributed by atoms with Crippen molar-refractivity contribution in [1.29, 1.82) is 0 Å². The summed E-state index contributed by atoms with van der Waals surface area (Å²) in [5.74, 6) is -1.91. The van der Waals surface area contributed by atoms with Gasteiger partial charge in [-0.2, -0.15) is 0 Å². The molecule has 0 spiro atoms. The highest BCUT2D eigenvalue weighted by Crippen LogP contribution is 2.43. The molecule has 3 N–H and O–H groups in total. The molecular weight excluding hydrogens is 464 g/mol. The quantitative estimate of drug-likeness (QED) is 0.355. The van der Waals surface area contributed by atoms with Gasteiger partial charge in [0.05, 0.1) is 37.6 Å². The lowest BCUT2D eigenvalue weighted by molar-refractivity contribution is -0.136. The minimum absolute atomic E-state index is 0.0709. The summed E-state index contributed by atoms with van der Waals surface area (Å²) in [4.78, 5) is 53.4. The molecule has 3 aliphatic heterocycles. The largest absolute Gasteiger partial charge is 0.378 e. The van der Waals surface area contributed by atoms with Crippen molar-refractivity contribution < 1.29 is 28.7 Å². The number of imide groups is 2. The maximum absolute atomic E-state index is 13.2. The average molecular weight is 497 g/mol. The lowest BCUT2D eigenvalue weighted by Gasteiger charge is -2.29. The number of hydrogen-bond acceptors (Lipinski definition) is 8. The predicted molar refractivity (Wildman–Crippen MR) is 130 cm³/mol. The van der Waals surface area contributed by atoms with Gasteiger partial charge in [0.25, 0.3) is 11.8 Å². The zero-order chi connectivity index (χ0) is 25.2. The summed E-state index contributed by atoms with van der Waals surface area (Å²) in [7, 11) is 0. The van der Waals surface area contributed by atoms with Crippen molar-refractivity contribution in [3.05, 3.63) is 41.0 Å². The number of carbonyl (C=O) groups is 4. The van der Waals surface area contributed by atoms with Gasteiger partial charge in [-0.15, -0.1) is 0 Å². The Morgan fingerprint density at radius 2 is 1.69 bits per heavy atom. The summed E-state index contributed by atoms with van der Waals surface area (Å²) in [5.41, 5.74) is 8.21. The predicted octanol–water partition coefficient (Wildman–Crippen LogP) is 0.557. The molecule has 0 radical (unpaired) electrons. The Bertz CT molecular complexity index is 1090. The summed E-state index contributed by atoms with van der Waals surface area (Å²) in [6.45, 7) is 5.11. The first-order chi connectivity index (χ1) is 17.4. The van der Waals surface area contributed by atoms with Crippen LogP contribution in [0.4, 0.5) is 0 Å². The fourth-order valence-corrected chi connectivity index (χ4v) is 5.15. The van der Waals surface area contributed by atoms with Crippen molar-refractivity contribution in [2.24, 2.45) is 11.7 Å². The second kappa shape index (κ2) is 10.6. The van der Waals surface area contributed by atoms with Gasteiger partial charge in [-0.05, 0) is 49.6 Å². The van der Waals surface area contributed by atoms with Gasteiger partial charge in [0.15, 0.2) is 0 Å². The molecule has 0 saturated carbocycles. The van der Waals surface area contributed by atoms with E-state index >= 15 is 0 Å². The van der Waals surface area contributed by atoms with Crippen LogP contribution in [0.2, 0.25) is 0 Å². The van der Waals surface area contributed by atoms with Crippen LogP contribution in [-0.4, -0.2) is 91.6 Å². The van der Waals surface area contributed by atoms with Crippen LogP contribution in [-0.2, 0) is 19.1 Å². The number of fused-ring (bicyclic) bond motifs is 1. The second-order valence-corrected chi connectivity index (χ2v) is 9.77. The second-order valence-electron chi connectivity index (χ2n) is 9.77. The van der Waals surface area contributed by atoms with Crippen LogP contribution in [0.1, 0.15) is 52.0 Å². The molecule has 0 aromatic heterocycles. The van der Waals surface area contributed by atoms with E-state index in [-0.39, 0.29) is 18.8 Å². The first kappa shape index (κ1) is 24.8. The molecule has 2 fully saturated rings. The SMILES string of the molecule is NC1CCN(CCOCCOCC2C=C2c2cccc3c2C(=O)N(C2CCC(=O)NC2=O)C3=O)CC1. The Balaban J connectivity index is 1.08. The molecule has 36 heavy (non-hydrogen) atoms. The van der Waals surface area contributed by atoms with Crippen molar-refractivity contribution in [2.75, 3.05) is 46.1 Å². The minimum Gasteiger partial charge on any atom is -0.378 e. The van der Waals surface area contributed by atoms with Crippen LogP contribution in [0.15, 0.2) is 24.3 Å². The highest BCUT2D eigenvalue weighted by molar-refractivity contribution is 6.25. The van der Waals surface area contributed by atoms with E-state index in [4.69, 9.17) is 15.2 Å². The molecule has 1 aromatic carbocycles. The van der Waals surface area contributed by atoms with E-state index < -0.39 is 29.7 Å². The Kier molecular flexibility index (Phi) is 7.29. The van der Waals surface area contributed by atoms with E-state index in [1.165, 1.54) is 0 Å². The van der Waals surface area contributed by atoms with E-state index in [1.54, 1.807) is 12.1 Å². The molecular formula is C26H32N4O6. The van der Waals surface area contributed by atoms with E-state index in [0.717, 1.165) is 42.9 Å². The topological polar surface area (TPSA) is 131 Å². The van der Waals surface area contributed by atoms with Gasteiger partial charge >= 0.3 is 0 Å². The molecule has 10 heteroatoms. The van der Waals surface area contributed by atoms with Gasteiger partial charge in [-0.1, -0.05) is 18.2 Å². The van der Waals surface area contributed by atoms with Gasteiger partial charge in [0.1, 0.15) is 6.04 Å². The van der Waals surface area contributed by atoms with Crippen molar-refractivity contribution in [2.45, 2.75) is 37.8 Å². The molecule has 3 heterocycles. The number of nitrogens with zero attached hydrogens (tertiary/aromatic N) is 2. The first-order valence-corrected chi connectivity index (χ1v) is 12.6. The Morgan fingerprint density at radius 1 is 0.944 bits per heavy atom. The fraction of sp³-hybridized carbons (Fsp3) is 0.538. The molecule has 2 unspecified atom stereocenters. The lowest BCUT2D eigenvalue weighted by Crippen LogP contribution is -2.54. The Hall–Kier alpha value is -2.92. The van der Waals surface area contributed by atoms with Gasteiger partial charge < -0.3 is 20.1 Å². The summed E-state index contributed by atoms with van der Waals surface area (Å²) < 4.78 is 11.5. The Labute approximate surface area is 209 Å². The van der Waals surface area contributed by atoms with E-state index in [0.29, 0.717) is 49.2 Å². The normalized spacial score (nSPS) is 24.7. The average Bonchev–Trinajstić information content (AvgIpc) is 3.59. The minimum atomic E-state index is -0.970. The molecule has 0 bridgehead atoms. The molecule has 10 nitrogen and oxygen atoms in total. The molecule has 1 aliphatic carbocycles. The van der Waals surface area contributed by atoms with Crippen LogP contribution in [0.5, 0.6) is 0 Å². The van der Waals surface area contributed by atoms with E-state index in [2.05, 4.69) is 10.2 Å².